The number of hydrogen-bond acceptors (Lipinski definition) is 5. The van der Waals surface area contributed by atoms with Gasteiger partial charge in [0.05, 0.1) is 18.7 Å². The van der Waals surface area contributed by atoms with E-state index in [-0.39, 0.29) is 24.6 Å². The highest BCUT2D eigenvalue weighted by Crippen LogP contribution is 1.97. The summed E-state index contributed by atoms with van der Waals surface area (Å²) in [7, 11) is 0. The van der Waals surface area contributed by atoms with E-state index in [4.69, 9.17) is 10.4 Å². The third kappa shape index (κ3) is 3.55. The van der Waals surface area contributed by atoms with Crippen molar-refractivity contribution in [3.63, 3.8) is 0 Å². The van der Waals surface area contributed by atoms with Gasteiger partial charge >= 0.3 is 5.97 Å². The molecule has 0 aliphatic heterocycles. The molecule has 0 spiro atoms. The molecule has 0 saturated carbocycles. The Morgan fingerprint density at radius 3 is 2.83 bits per heavy atom. The molecule has 0 fully saturated rings. The summed E-state index contributed by atoms with van der Waals surface area (Å²) in [6.07, 6.45) is 1.45. The Hall–Kier alpha value is -2.43. The Morgan fingerprint density at radius 1 is 1.61 bits per heavy atom. The Bertz CT molecular complexity index is 476. The van der Waals surface area contributed by atoms with Gasteiger partial charge in [0.25, 0.3) is 0 Å². The van der Waals surface area contributed by atoms with E-state index in [2.05, 4.69) is 10.3 Å². The first kappa shape index (κ1) is 13.6. The minimum Gasteiger partial charge on any atom is -0.476 e. The van der Waals surface area contributed by atoms with Gasteiger partial charge in [0.15, 0.2) is 5.69 Å². The first-order valence-electron chi connectivity index (χ1n) is 5.36. The van der Waals surface area contributed by atoms with E-state index in [1.807, 2.05) is 6.07 Å². The van der Waals surface area contributed by atoms with Crippen LogP contribution in [0.1, 0.15) is 23.8 Å². The first-order valence-corrected chi connectivity index (χ1v) is 5.36. The van der Waals surface area contributed by atoms with E-state index >= 15 is 0 Å². The fourth-order valence-electron chi connectivity index (χ4n) is 1.36. The van der Waals surface area contributed by atoms with Crippen molar-refractivity contribution < 1.29 is 14.7 Å². The maximum absolute atomic E-state index is 11.8. The molecular weight excluding hydrogens is 238 g/mol. The summed E-state index contributed by atoms with van der Waals surface area (Å²) in [6, 6.07) is 1.96. The normalized spacial score (nSPS) is 9.78. The van der Waals surface area contributed by atoms with Crippen LogP contribution in [0, 0.1) is 11.3 Å². The molecule has 1 amide bonds. The predicted octanol–water partition coefficient (Wildman–Crippen LogP) is -0.262. The third-order valence-corrected chi connectivity index (χ3v) is 2.28. The second kappa shape index (κ2) is 6.34. The first-order chi connectivity index (χ1) is 8.58. The average Bonchev–Trinajstić information content (AvgIpc) is 2.78. The lowest BCUT2D eigenvalue weighted by molar-refractivity contribution is -0.131. The Morgan fingerprint density at radius 2 is 2.33 bits per heavy atom. The smallest absolute Gasteiger partial charge is 0.358 e. The van der Waals surface area contributed by atoms with Crippen LogP contribution >= 0.6 is 0 Å². The van der Waals surface area contributed by atoms with Gasteiger partial charge in [-0.25, -0.2) is 9.48 Å². The van der Waals surface area contributed by atoms with Gasteiger partial charge in [-0.1, -0.05) is 5.21 Å². The lowest BCUT2D eigenvalue weighted by atomic mass is 10.4. The van der Waals surface area contributed by atoms with Gasteiger partial charge in [0.2, 0.25) is 5.91 Å². The molecule has 0 aliphatic carbocycles. The predicted molar refractivity (Wildman–Crippen MR) is 59.5 cm³/mol. The van der Waals surface area contributed by atoms with Gasteiger partial charge in [-0.15, -0.1) is 5.10 Å². The number of aromatic nitrogens is 3. The van der Waals surface area contributed by atoms with E-state index in [1.165, 1.54) is 15.8 Å². The Balaban J connectivity index is 2.62. The zero-order valence-electron chi connectivity index (χ0n) is 9.91. The molecule has 18 heavy (non-hydrogen) atoms. The monoisotopic (exact) mass is 251 g/mol. The largest absolute Gasteiger partial charge is 0.476 e. The summed E-state index contributed by atoms with van der Waals surface area (Å²) >= 11 is 0. The third-order valence-electron chi connectivity index (χ3n) is 2.28. The van der Waals surface area contributed by atoms with E-state index in [0.29, 0.717) is 13.1 Å². The van der Waals surface area contributed by atoms with Gasteiger partial charge in [0.1, 0.15) is 6.54 Å². The van der Waals surface area contributed by atoms with Crippen LogP contribution in [-0.4, -0.2) is 50.0 Å². The molecule has 0 aliphatic rings. The molecule has 1 aromatic rings. The molecule has 1 rings (SSSR count). The molecule has 0 atom stereocenters. The van der Waals surface area contributed by atoms with E-state index in [0.717, 1.165) is 0 Å². The maximum atomic E-state index is 11.8. The molecular formula is C10H13N5O3. The van der Waals surface area contributed by atoms with Gasteiger partial charge in [-0.3, -0.25) is 4.79 Å². The topological polar surface area (TPSA) is 112 Å². The van der Waals surface area contributed by atoms with Crippen molar-refractivity contribution in [3.05, 3.63) is 11.9 Å². The number of likely N-dealkylation sites (N-methyl/N-ethyl adjacent to an activating group) is 1. The zero-order valence-corrected chi connectivity index (χ0v) is 9.91. The number of carbonyl (C=O) groups is 2. The number of nitriles is 1. The van der Waals surface area contributed by atoms with Gasteiger partial charge in [-0.05, 0) is 6.92 Å². The van der Waals surface area contributed by atoms with Crippen molar-refractivity contribution >= 4 is 11.9 Å². The van der Waals surface area contributed by atoms with Crippen LogP contribution < -0.4 is 0 Å². The van der Waals surface area contributed by atoms with Crippen molar-refractivity contribution in [2.75, 3.05) is 13.1 Å². The molecule has 0 aromatic carbocycles. The van der Waals surface area contributed by atoms with Crippen LogP contribution in [0.4, 0.5) is 0 Å². The average molecular weight is 251 g/mol. The SMILES string of the molecule is CCN(CCC#N)C(=O)Cn1cc(C(=O)O)nn1. The minimum atomic E-state index is -1.19. The van der Waals surface area contributed by atoms with Crippen molar-refractivity contribution in [2.45, 2.75) is 19.9 Å². The van der Waals surface area contributed by atoms with E-state index < -0.39 is 5.97 Å². The Kier molecular flexibility index (Phi) is 4.80. The quantitative estimate of drug-likeness (QED) is 0.745. The van der Waals surface area contributed by atoms with Crippen LogP contribution in [-0.2, 0) is 11.3 Å². The molecule has 1 heterocycles. The summed E-state index contributed by atoms with van der Waals surface area (Å²) in [5, 5.41) is 24.1. The standard InChI is InChI=1S/C10H13N5O3/c1-2-14(5-3-4-11)9(16)7-15-6-8(10(17)18)12-13-15/h6H,2-3,5,7H2,1H3,(H,17,18). The second-order valence-corrected chi connectivity index (χ2v) is 3.49. The van der Waals surface area contributed by atoms with Crippen molar-refractivity contribution in [2.24, 2.45) is 0 Å². The number of carboxylic acids is 1. The summed E-state index contributed by atoms with van der Waals surface area (Å²) < 4.78 is 1.17. The lowest BCUT2D eigenvalue weighted by Crippen LogP contribution is -2.34. The second-order valence-electron chi connectivity index (χ2n) is 3.49. The molecule has 0 bridgehead atoms. The summed E-state index contributed by atoms with van der Waals surface area (Å²) in [6.45, 7) is 2.56. The van der Waals surface area contributed by atoms with Crippen LogP contribution in [0.2, 0.25) is 0 Å². The van der Waals surface area contributed by atoms with Crippen LogP contribution in [0.15, 0.2) is 6.20 Å². The minimum absolute atomic E-state index is 0.0838. The highest BCUT2D eigenvalue weighted by Gasteiger charge is 2.14. The molecule has 96 valence electrons. The van der Waals surface area contributed by atoms with Gasteiger partial charge in [0, 0.05) is 13.1 Å². The Labute approximate surface area is 103 Å². The highest BCUT2D eigenvalue weighted by molar-refractivity contribution is 5.84. The maximum Gasteiger partial charge on any atom is 0.358 e. The summed E-state index contributed by atoms with van der Waals surface area (Å²) in [4.78, 5) is 23.9. The number of hydrogen-bond donors (Lipinski definition) is 1. The highest BCUT2D eigenvalue weighted by atomic mass is 16.4. The fourth-order valence-corrected chi connectivity index (χ4v) is 1.36. The van der Waals surface area contributed by atoms with Crippen LogP contribution in [0.3, 0.4) is 0 Å². The number of carboxylic acid groups (broad SMARTS) is 1. The van der Waals surface area contributed by atoms with Crippen molar-refractivity contribution in [1.82, 2.24) is 19.9 Å². The molecule has 1 N–H and O–H groups in total. The molecule has 0 saturated heterocycles. The van der Waals surface area contributed by atoms with Crippen LogP contribution in [0.5, 0.6) is 0 Å². The fraction of sp³-hybridized carbons (Fsp3) is 0.500. The lowest BCUT2D eigenvalue weighted by Gasteiger charge is -2.18. The molecule has 0 unspecified atom stereocenters. The van der Waals surface area contributed by atoms with Gasteiger partial charge in [-0.2, -0.15) is 5.26 Å². The van der Waals surface area contributed by atoms with Gasteiger partial charge < -0.3 is 10.0 Å². The molecule has 1 aromatic heterocycles. The van der Waals surface area contributed by atoms with Crippen LogP contribution in [0.25, 0.3) is 0 Å². The number of aromatic carboxylic acids is 1. The van der Waals surface area contributed by atoms with Crippen molar-refractivity contribution in [3.8, 4) is 6.07 Å². The molecule has 8 nitrogen and oxygen atoms in total. The van der Waals surface area contributed by atoms with Crippen molar-refractivity contribution in [1.29, 1.82) is 5.26 Å². The number of nitrogens with zero attached hydrogens (tertiary/aromatic N) is 5. The summed E-state index contributed by atoms with van der Waals surface area (Å²) in [5.74, 6) is -1.42. The number of carbonyl (C=O) groups excluding carboxylic acids is 1. The summed E-state index contributed by atoms with van der Waals surface area (Å²) in [5.41, 5.74) is -0.206. The molecule has 8 heteroatoms. The number of amides is 1. The zero-order chi connectivity index (χ0) is 13.5. The molecule has 0 radical (unpaired) electrons. The van der Waals surface area contributed by atoms with E-state index in [9.17, 15) is 9.59 Å². The van der Waals surface area contributed by atoms with E-state index in [1.54, 1.807) is 6.92 Å². The number of rotatable bonds is 6.